The number of carbonyl (C=O) groups excluding carboxylic acids is 1. The van der Waals surface area contributed by atoms with Crippen molar-refractivity contribution in [2.75, 3.05) is 5.32 Å². The quantitative estimate of drug-likeness (QED) is 0.344. The third kappa shape index (κ3) is 2.91. The molecule has 0 spiro atoms. The molecule has 7 rings (SSSR count). The highest BCUT2D eigenvalue weighted by Gasteiger charge is 2.29. The Bertz CT molecular complexity index is 1830. The van der Waals surface area contributed by atoms with Gasteiger partial charge in [0.05, 0.1) is 6.04 Å². The average Bonchev–Trinajstić information content (AvgIpc) is 3.42. The monoisotopic (exact) mass is 469 g/mol. The third-order valence-corrected chi connectivity index (χ3v) is 7.65. The number of Topliss-reactive ketones (excluding diaryl/α,β-unsaturated/α-hetero) is 1. The first kappa shape index (κ1) is 21.0. The molecule has 0 radical (unpaired) electrons. The Balaban J connectivity index is 1.35. The summed E-state index contributed by atoms with van der Waals surface area (Å²) in [6.07, 6.45) is 5.73. The summed E-state index contributed by atoms with van der Waals surface area (Å²) in [7, 11) is 0. The molecule has 1 atom stereocenters. The van der Waals surface area contributed by atoms with Crippen LogP contribution in [0.1, 0.15) is 31.4 Å². The number of hydrogen-bond acceptors (Lipinski definition) is 3. The third-order valence-electron chi connectivity index (χ3n) is 7.65. The lowest BCUT2D eigenvalue weighted by Gasteiger charge is -2.29. The van der Waals surface area contributed by atoms with Crippen LogP contribution in [0.2, 0.25) is 0 Å². The van der Waals surface area contributed by atoms with Crippen molar-refractivity contribution >= 4 is 50.0 Å². The number of hydrogen-bond donors (Lipinski definition) is 1. The van der Waals surface area contributed by atoms with E-state index in [0.717, 1.165) is 57.7 Å². The zero-order valence-corrected chi connectivity index (χ0v) is 20.0. The second kappa shape index (κ2) is 7.85. The van der Waals surface area contributed by atoms with Crippen LogP contribution in [0.3, 0.4) is 0 Å². The Hall–Kier alpha value is -4.31. The van der Waals surface area contributed by atoms with Gasteiger partial charge in [-0.15, -0.1) is 0 Å². The summed E-state index contributed by atoms with van der Waals surface area (Å²) < 4.78 is 2.27. The summed E-state index contributed by atoms with van der Waals surface area (Å²) in [6.45, 7) is 3.02. The number of carbonyl (C=O) groups is 1. The van der Waals surface area contributed by atoms with Gasteiger partial charge in [0.2, 0.25) is 0 Å². The average molecular weight is 470 g/mol. The molecule has 0 saturated carbocycles. The summed E-state index contributed by atoms with van der Waals surface area (Å²) in [5, 5.41) is 23.5. The van der Waals surface area contributed by atoms with Crippen molar-refractivity contribution < 1.29 is 9.90 Å². The number of rotatable bonds is 5. The highest BCUT2D eigenvalue weighted by Crippen LogP contribution is 2.41. The maximum Gasteiger partial charge on any atom is 0.191 e. The van der Waals surface area contributed by atoms with Gasteiger partial charge in [0.15, 0.2) is 5.78 Å². The molecule has 1 N–H and O–H groups in total. The molecule has 4 heteroatoms. The first-order valence-corrected chi connectivity index (χ1v) is 12.6. The van der Waals surface area contributed by atoms with Crippen molar-refractivity contribution in [2.24, 2.45) is 0 Å². The van der Waals surface area contributed by atoms with Gasteiger partial charge in [-0.05, 0) is 47.0 Å². The molecule has 2 aliphatic rings. The van der Waals surface area contributed by atoms with Crippen LogP contribution in [-0.4, -0.2) is 10.4 Å². The highest BCUT2D eigenvalue weighted by atomic mass is 16.3. The second-order valence-electron chi connectivity index (χ2n) is 9.74. The standard InChI is InChI=1S/C32H26N2O2/c1-2-3-16-34-27-15-7-11-20-9-5-13-22(30(20)27)28(34)18-24-31(35)23(32(24)36)17-26-21-12-4-8-19-10-6-14-25(33-26)29(19)21/h4-15,17-18,26,33,35H,2-3,16H2,1H3/p-1/b23-17+,28-18+. The van der Waals surface area contributed by atoms with E-state index in [1.165, 1.54) is 10.8 Å². The van der Waals surface area contributed by atoms with E-state index in [1.807, 2.05) is 30.3 Å². The topological polar surface area (TPSA) is 57.1 Å². The van der Waals surface area contributed by atoms with E-state index < -0.39 is 0 Å². The van der Waals surface area contributed by atoms with Gasteiger partial charge in [-0.1, -0.05) is 79.8 Å². The zero-order valence-electron chi connectivity index (χ0n) is 20.0. The van der Waals surface area contributed by atoms with Crippen LogP contribution < -0.4 is 15.8 Å². The summed E-state index contributed by atoms with van der Waals surface area (Å²) >= 11 is 0. The normalized spacial score (nSPS) is 18.7. The Morgan fingerprint density at radius 2 is 1.67 bits per heavy atom. The predicted octanol–water partition coefficient (Wildman–Crippen LogP) is 5.54. The minimum absolute atomic E-state index is 0.170. The maximum atomic E-state index is 13.3. The van der Waals surface area contributed by atoms with Crippen LogP contribution in [0.5, 0.6) is 0 Å². The maximum absolute atomic E-state index is 13.3. The Morgan fingerprint density at radius 3 is 2.44 bits per heavy atom. The fourth-order valence-electron chi connectivity index (χ4n) is 5.89. The second-order valence-corrected chi connectivity index (χ2v) is 9.74. The Kier molecular flexibility index (Phi) is 4.58. The molecule has 0 fully saturated rings. The number of allylic oxidation sites excluding steroid dienone is 2. The first-order chi connectivity index (χ1) is 17.7. The van der Waals surface area contributed by atoms with Crippen LogP contribution in [0, 0.1) is 0 Å². The van der Waals surface area contributed by atoms with Crippen LogP contribution in [0.25, 0.3) is 38.5 Å². The van der Waals surface area contributed by atoms with Gasteiger partial charge in [0.25, 0.3) is 0 Å². The molecular formula is C32H25N2O2-. The van der Waals surface area contributed by atoms with E-state index in [4.69, 9.17) is 0 Å². The van der Waals surface area contributed by atoms with Gasteiger partial charge in [-0.2, -0.15) is 0 Å². The van der Waals surface area contributed by atoms with E-state index in [-0.39, 0.29) is 28.7 Å². The number of benzene rings is 4. The summed E-state index contributed by atoms with van der Waals surface area (Å²) in [6, 6.07) is 24.7. The minimum atomic E-state index is -0.186. The van der Waals surface area contributed by atoms with E-state index in [1.54, 1.807) is 6.08 Å². The molecule has 1 aromatic heterocycles. The van der Waals surface area contributed by atoms with E-state index in [2.05, 4.69) is 65.3 Å². The molecule has 4 nitrogen and oxygen atoms in total. The highest BCUT2D eigenvalue weighted by molar-refractivity contribution is 6.24. The van der Waals surface area contributed by atoms with Gasteiger partial charge < -0.3 is 15.0 Å². The lowest BCUT2D eigenvalue weighted by Crippen LogP contribution is -2.31. The number of aryl methyl sites for hydroxylation is 1. The number of unbranched alkanes of at least 4 members (excludes halogenated alkanes) is 1. The number of nitrogens with one attached hydrogen (secondary N) is 1. The van der Waals surface area contributed by atoms with Gasteiger partial charge in [-0.3, -0.25) is 4.79 Å². The van der Waals surface area contributed by atoms with Crippen molar-refractivity contribution in [3.63, 3.8) is 0 Å². The minimum Gasteiger partial charge on any atom is -0.871 e. The molecule has 1 unspecified atom stereocenters. The van der Waals surface area contributed by atoms with Crippen molar-refractivity contribution in [3.8, 4) is 0 Å². The molecular weight excluding hydrogens is 444 g/mol. The lowest BCUT2D eigenvalue weighted by molar-refractivity contribution is -0.300. The van der Waals surface area contributed by atoms with Gasteiger partial charge in [-0.25, -0.2) is 0 Å². The van der Waals surface area contributed by atoms with Gasteiger partial charge in [0, 0.05) is 50.4 Å². The zero-order chi connectivity index (χ0) is 24.4. The smallest absolute Gasteiger partial charge is 0.191 e. The molecule has 176 valence electrons. The number of aromatic nitrogens is 1. The predicted molar refractivity (Wildman–Crippen MR) is 144 cm³/mol. The molecule has 36 heavy (non-hydrogen) atoms. The Labute approximate surface area is 208 Å². The molecule has 1 aliphatic carbocycles. The van der Waals surface area contributed by atoms with Crippen LogP contribution in [0.4, 0.5) is 5.69 Å². The van der Waals surface area contributed by atoms with Crippen molar-refractivity contribution in [3.05, 3.63) is 107 Å². The molecule has 0 saturated heterocycles. The van der Waals surface area contributed by atoms with Gasteiger partial charge in [0.1, 0.15) is 0 Å². The van der Waals surface area contributed by atoms with Crippen molar-refractivity contribution in [1.29, 1.82) is 0 Å². The van der Waals surface area contributed by atoms with E-state index in [9.17, 15) is 9.90 Å². The molecule has 2 heterocycles. The summed E-state index contributed by atoms with van der Waals surface area (Å²) in [5.74, 6) is -0.341. The van der Waals surface area contributed by atoms with E-state index in [0.29, 0.717) is 0 Å². The van der Waals surface area contributed by atoms with Crippen molar-refractivity contribution in [1.82, 2.24) is 4.57 Å². The van der Waals surface area contributed by atoms with Crippen LogP contribution in [0.15, 0.2) is 95.8 Å². The lowest BCUT2D eigenvalue weighted by atomic mass is 9.85. The number of ketones is 1. The molecule has 5 aromatic rings. The summed E-state index contributed by atoms with van der Waals surface area (Å²) in [5.41, 5.74) is 3.85. The van der Waals surface area contributed by atoms with E-state index >= 15 is 0 Å². The number of nitrogens with zero attached hydrogens (tertiary/aromatic N) is 1. The largest absolute Gasteiger partial charge is 0.871 e. The number of anilines is 1. The van der Waals surface area contributed by atoms with Gasteiger partial charge >= 0.3 is 0 Å². The van der Waals surface area contributed by atoms with Crippen LogP contribution in [-0.2, 0) is 11.3 Å². The van der Waals surface area contributed by atoms with Crippen molar-refractivity contribution in [2.45, 2.75) is 32.4 Å². The first-order valence-electron chi connectivity index (χ1n) is 12.6. The molecule has 4 aromatic carbocycles. The van der Waals surface area contributed by atoms with Crippen LogP contribution >= 0.6 is 0 Å². The molecule has 0 amide bonds. The summed E-state index contributed by atoms with van der Waals surface area (Å²) in [4.78, 5) is 13.3. The fourth-order valence-corrected chi connectivity index (χ4v) is 5.89. The Morgan fingerprint density at radius 1 is 0.944 bits per heavy atom. The fraction of sp³-hybridized carbons (Fsp3) is 0.156. The molecule has 1 aliphatic heterocycles. The SMILES string of the molecule is CCCCn1/c(=C/C2=C([O-])C(=C\C3Nc4cccc5cccc3c45)/C2=O)c2cccc3cccc1c32. The molecule has 0 bridgehead atoms.